The number of hydrogen-bond acceptors (Lipinski definition) is 30. The quantitative estimate of drug-likeness (QED) is 0.0765. The molecule has 10 aliphatic heterocycles. The Morgan fingerprint density at radius 3 is 0.857 bits per heavy atom. The molecule has 0 spiro atoms. The van der Waals surface area contributed by atoms with Crippen molar-refractivity contribution in [2.45, 2.75) is 289 Å². The van der Waals surface area contributed by atoms with Crippen LogP contribution in [0.2, 0.25) is 0 Å². The van der Waals surface area contributed by atoms with E-state index in [1.165, 1.54) is 198 Å². The van der Waals surface area contributed by atoms with Crippen molar-refractivity contribution in [3.8, 4) is 0 Å². The van der Waals surface area contributed by atoms with Crippen LogP contribution in [0.3, 0.4) is 0 Å². The Bertz CT molecular complexity index is 4750. The first-order valence-corrected chi connectivity index (χ1v) is 54.4. The lowest BCUT2D eigenvalue weighted by molar-refractivity contribution is -0.138. The van der Waals surface area contributed by atoms with Crippen molar-refractivity contribution < 1.29 is 40.5 Å². The number of carbonyl (C=O) groups excluding carboxylic acids is 1. The van der Waals surface area contributed by atoms with E-state index in [0.29, 0.717) is 77.5 Å². The summed E-state index contributed by atoms with van der Waals surface area (Å²) in [5.41, 5.74) is 7.45. The standard InChI is InChI=1S/C13H21N3.2C12H19N3.C12H20N2O.C11H14F3N3.3C11H17N3.C9H13F2N3O.C9H17NO2/c1-3-4-11-9-14-13(15-10-11)12-5-7-16(2)8-6-12;2*1-3-10-8-13-12(14-9-10)11-4-6-15(2)7-5-11;1-9(2)11-8-12(15-13-11)10-4-6-14(3)7-5-10;1-17-4-2-8(3-5-17)10-15-6-9(7-16-10)11(12,13)14;3*1-9-7-12-11(13-8-9)10-3-5-14(2)6-4-10;1-14-4-2-6(3-5-14)9-12-8(7(10)11)13-15-9;1-7(2)6-12-9(11)10-4-8(3)5-10/h9-10,12H,3-8H2,1-2H3;2*8-9,11H,3-7H2,1-2H3;8-10H,4-7H2,1-3H3;6-8H,2-5H2,1H3;3*7-8,10H,3-6H2,1-2H3;6-7H,2-5H2,1H3;7-8H,4-6H2,1-3H3. The number of piperidine rings is 9. The van der Waals surface area contributed by atoms with Crippen molar-refractivity contribution in [1.29, 1.82) is 0 Å². The number of carbonyl (C=O) groups is 1. The first kappa shape index (κ1) is 119. The molecule has 19 heterocycles. The summed E-state index contributed by atoms with van der Waals surface area (Å²) in [6.07, 6.45) is 42.6. The molecule has 31 nitrogen and oxygen atoms in total. The average molecular weight is 2050 g/mol. The van der Waals surface area contributed by atoms with Crippen LogP contribution in [-0.2, 0) is 30.2 Å². The normalized spacial score (nSPS) is 19.5. The van der Waals surface area contributed by atoms with Crippen molar-refractivity contribution in [3.05, 3.63) is 196 Å². The fraction of sp³-hybridized carbons (Fsp3) is 0.694. The van der Waals surface area contributed by atoms with Gasteiger partial charge < -0.3 is 62.8 Å². The molecule has 147 heavy (non-hydrogen) atoms. The lowest BCUT2D eigenvalue weighted by Gasteiger charge is -2.36. The maximum absolute atomic E-state index is 12.3. The molecule has 1 amide bonds. The molecule has 812 valence electrons. The largest absolute Gasteiger partial charge is 0.449 e. The number of nitrogens with zero attached hydrogens (tertiary/aromatic N) is 27. The van der Waals surface area contributed by atoms with Crippen LogP contribution in [-0.4, -0.2) is 341 Å². The summed E-state index contributed by atoms with van der Waals surface area (Å²) >= 11 is 0. The van der Waals surface area contributed by atoms with Gasteiger partial charge in [0.2, 0.25) is 11.7 Å². The first-order valence-electron chi connectivity index (χ1n) is 54.4. The molecule has 0 aliphatic carbocycles. The highest BCUT2D eigenvalue weighted by Gasteiger charge is 2.35. The van der Waals surface area contributed by atoms with Gasteiger partial charge in [0.25, 0.3) is 0 Å². The van der Waals surface area contributed by atoms with Gasteiger partial charge >= 0.3 is 18.7 Å². The summed E-state index contributed by atoms with van der Waals surface area (Å²) in [5, 5.41) is 7.38. The number of halogens is 5. The van der Waals surface area contributed by atoms with Gasteiger partial charge in [0, 0.05) is 159 Å². The maximum Gasteiger partial charge on any atom is 0.419 e. The molecular weight excluding hydrogens is 1870 g/mol. The first-order chi connectivity index (χ1) is 70.5. The molecule has 19 rings (SSSR count). The minimum absolute atomic E-state index is 0.140. The lowest BCUT2D eigenvalue weighted by Crippen LogP contribution is -2.49. The number of aromatic nitrogens is 17. The summed E-state index contributed by atoms with van der Waals surface area (Å²) in [4.78, 5) is 98.6. The predicted molar refractivity (Wildman–Crippen MR) is 568 cm³/mol. The van der Waals surface area contributed by atoms with Crippen molar-refractivity contribution >= 4 is 6.09 Å². The highest BCUT2D eigenvalue weighted by atomic mass is 19.4. The summed E-state index contributed by atoms with van der Waals surface area (Å²) in [5.74, 6) is 13.6. The van der Waals surface area contributed by atoms with Crippen LogP contribution >= 0.6 is 0 Å². The van der Waals surface area contributed by atoms with Crippen LogP contribution in [0.15, 0.2) is 102 Å². The summed E-state index contributed by atoms with van der Waals surface area (Å²) in [6.45, 7) is 45.4. The molecule has 0 N–H and O–H groups in total. The van der Waals surface area contributed by atoms with Crippen molar-refractivity contribution in [2.75, 3.05) is 201 Å². The highest BCUT2D eigenvalue weighted by Crippen LogP contribution is 2.36. The van der Waals surface area contributed by atoms with Gasteiger partial charge in [-0.1, -0.05) is 72.1 Å². The maximum atomic E-state index is 12.3. The summed E-state index contributed by atoms with van der Waals surface area (Å²) < 4.78 is 76.7. The van der Waals surface area contributed by atoms with Gasteiger partial charge in [-0.25, -0.2) is 83.4 Å². The molecule has 9 aromatic heterocycles. The van der Waals surface area contributed by atoms with Gasteiger partial charge in [0.1, 0.15) is 46.5 Å². The van der Waals surface area contributed by atoms with Crippen LogP contribution in [0.1, 0.15) is 346 Å². The minimum atomic E-state index is -4.36. The fourth-order valence-electron chi connectivity index (χ4n) is 18.9. The zero-order valence-corrected chi connectivity index (χ0v) is 92.2. The van der Waals surface area contributed by atoms with Gasteiger partial charge in [-0.2, -0.15) is 18.2 Å². The Kier molecular flexibility index (Phi) is 50.6. The van der Waals surface area contributed by atoms with Crippen LogP contribution in [0.5, 0.6) is 0 Å². The monoisotopic (exact) mass is 2040 g/mol. The van der Waals surface area contributed by atoms with E-state index in [1.54, 1.807) is 4.90 Å². The Morgan fingerprint density at radius 1 is 0.367 bits per heavy atom. The second-order valence-electron chi connectivity index (χ2n) is 43.3. The van der Waals surface area contributed by atoms with Crippen molar-refractivity contribution in [1.82, 2.24) is 134 Å². The van der Waals surface area contributed by atoms with Gasteiger partial charge in [-0.15, -0.1) is 0 Å². The van der Waals surface area contributed by atoms with E-state index < -0.39 is 24.0 Å². The minimum Gasteiger partial charge on any atom is -0.449 e. The third kappa shape index (κ3) is 42.0. The Balaban J connectivity index is 0.000000167. The molecule has 10 aliphatic rings. The summed E-state index contributed by atoms with van der Waals surface area (Å²) in [7, 11) is 19.3. The van der Waals surface area contributed by atoms with Crippen LogP contribution in [0.4, 0.5) is 26.7 Å². The fourth-order valence-corrected chi connectivity index (χ4v) is 18.9. The Labute approximate surface area is 873 Å². The molecule has 0 saturated carbocycles. The third-order valence-corrected chi connectivity index (χ3v) is 29.4. The van der Waals surface area contributed by atoms with Crippen LogP contribution in [0.25, 0.3) is 0 Å². The number of aryl methyl sites for hydroxylation is 6. The van der Waals surface area contributed by atoms with Gasteiger partial charge in [-0.05, 0) is 388 Å². The number of rotatable bonds is 17. The molecule has 0 bridgehead atoms. The SMILES string of the molecule is CC(C)COC(=O)N1CC(C)C1.CC(C)c1cc(C2CCN(C)CC2)on1.CCCc1cnc(C2CCN(C)CC2)nc1.CCc1cnc(C2CCN(C)CC2)nc1.CCc1cnc(C2CCN(C)CC2)nc1.CN1CCC(c2nc(C(F)F)no2)CC1.CN1CCC(c2ncc(C(F)(F)F)cn2)CC1.Cc1cnc(C2CCN(C)CC2)nc1.Cc1cnc(C2CCN(C)CC2)nc1.Cc1cnc(C2CCN(C)CC2)nc1. The molecule has 0 radical (unpaired) electrons. The second-order valence-corrected chi connectivity index (χ2v) is 43.3. The Morgan fingerprint density at radius 2 is 0.626 bits per heavy atom. The molecule has 0 aromatic carbocycles. The Hall–Kier alpha value is -9.53. The topological polar surface area (TPSA) is 304 Å². The van der Waals surface area contributed by atoms with Crippen LogP contribution < -0.4 is 0 Å². The smallest absolute Gasteiger partial charge is 0.419 e. The lowest BCUT2D eigenvalue weighted by atomic mass is 9.94. The van der Waals surface area contributed by atoms with Crippen LogP contribution in [0, 0.1) is 32.6 Å². The van der Waals surface area contributed by atoms with E-state index in [1.807, 2.05) is 123 Å². The molecule has 36 heteroatoms. The molecule has 0 unspecified atom stereocenters. The predicted octanol–water partition coefficient (Wildman–Crippen LogP) is 19.2. The number of alkyl halides is 5. The zero-order chi connectivity index (χ0) is 106. The number of ether oxygens (including phenoxy) is 1. The average Bonchev–Trinajstić information content (AvgIpc) is 1.83. The molecule has 0 atom stereocenters. The number of likely N-dealkylation sites (tertiary alicyclic amines) is 10. The molecule has 10 saturated heterocycles. The molecule has 10 fully saturated rings. The van der Waals surface area contributed by atoms with E-state index in [0.717, 1.165) is 166 Å². The highest BCUT2D eigenvalue weighted by molar-refractivity contribution is 5.68. The van der Waals surface area contributed by atoms with Gasteiger partial charge in [0.15, 0.2) is 0 Å². The van der Waals surface area contributed by atoms with Crippen molar-refractivity contribution in [3.63, 3.8) is 0 Å². The van der Waals surface area contributed by atoms with E-state index in [9.17, 15) is 26.7 Å². The van der Waals surface area contributed by atoms with Crippen molar-refractivity contribution in [2.24, 2.45) is 11.8 Å². The van der Waals surface area contributed by atoms with E-state index in [4.69, 9.17) is 13.8 Å². The van der Waals surface area contributed by atoms with E-state index in [2.05, 4.69) is 226 Å². The number of hydrogen-bond donors (Lipinski definition) is 0. The van der Waals surface area contributed by atoms with E-state index in [-0.39, 0.29) is 17.9 Å². The van der Waals surface area contributed by atoms with Gasteiger partial charge in [-0.3, -0.25) is 0 Å². The second kappa shape index (κ2) is 62.3. The molecular formula is C111H174F5N27O4. The van der Waals surface area contributed by atoms with E-state index >= 15 is 0 Å². The summed E-state index contributed by atoms with van der Waals surface area (Å²) in [6, 6.07) is 2.14. The number of amides is 1. The molecule has 9 aromatic rings. The zero-order valence-electron chi connectivity index (χ0n) is 92.2. The van der Waals surface area contributed by atoms with Gasteiger partial charge in [0.05, 0.1) is 17.9 Å². The third-order valence-electron chi connectivity index (χ3n) is 29.4.